The number of aromatic nitrogens is 1. The summed E-state index contributed by atoms with van der Waals surface area (Å²) in [4.78, 5) is 3.86. The van der Waals surface area contributed by atoms with Crippen LogP contribution in [-0.4, -0.2) is 23.1 Å². The van der Waals surface area contributed by atoms with Gasteiger partial charge in [-0.3, -0.25) is 9.54 Å². The van der Waals surface area contributed by atoms with E-state index in [1.165, 1.54) is 36.4 Å². The average Bonchev–Trinajstić information content (AvgIpc) is 2.56. The predicted molar refractivity (Wildman–Crippen MR) is 83.9 cm³/mol. The minimum Gasteiger partial charge on any atom is -0.706 e. The summed E-state index contributed by atoms with van der Waals surface area (Å²) in [5.41, 5.74) is 9.49. The molecule has 2 aromatic carbocycles. The van der Waals surface area contributed by atoms with E-state index < -0.39 is 10.1 Å². The fraction of sp³-hybridized carbons (Fsp3) is 0. The Balaban J connectivity index is 0.000000238. The second-order valence-electron chi connectivity index (χ2n) is 4.31. The van der Waals surface area contributed by atoms with Crippen LogP contribution in [0, 0.1) is 6.07 Å². The largest absolute Gasteiger partial charge is 2.00 e. The molecule has 1 heterocycles. The van der Waals surface area contributed by atoms with Crippen molar-refractivity contribution in [1.29, 1.82) is 0 Å². The number of nitrogens with zero attached hydrogens (tertiary/aromatic N) is 3. The zero-order chi connectivity index (χ0) is 16.9. The monoisotopic (exact) mass is 392 g/mol. The van der Waals surface area contributed by atoms with Crippen molar-refractivity contribution >= 4 is 26.7 Å². The second kappa shape index (κ2) is 8.51. The van der Waals surface area contributed by atoms with Crippen LogP contribution in [-0.2, 0) is 27.2 Å². The van der Waals surface area contributed by atoms with Crippen molar-refractivity contribution in [2.45, 2.75) is 4.90 Å². The molecule has 1 aromatic heterocycles. The van der Waals surface area contributed by atoms with Gasteiger partial charge in [0.15, 0.2) is 0 Å². The van der Waals surface area contributed by atoms with E-state index in [4.69, 9.17) is 10.1 Å². The Morgan fingerprint density at radius 1 is 1.12 bits per heavy atom. The molecule has 0 fully saturated rings. The number of hydrogen-bond donors (Lipinski definition) is 2. The van der Waals surface area contributed by atoms with Gasteiger partial charge in [-0.1, -0.05) is 0 Å². The first kappa shape index (κ1) is 19.7. The van der Waals surface area contributed by atoms with Gasteiger partial charge in [0.2, 0.25) is 0 Å². The first-order chi connectivity index (χ1) is 10.9. The molecular weight excluding hydrogens is 382 g/mol. The molecule has 9 heteroatoms. The van der Waals surface area contributed by atoms with Crippen LogP contribution in [0.5, 0.6) is 5.75 Å². The first-order valence-corrected chi connectivity index (χ1v) is 7.73. The molecule has 0 unspecified atom stereocenters. The molecule has 0 aliphatic carbocycles. The van der Waals surface area contributed by atoms with E-state index in [1.807, 2.05) is 0 Å². The number of phenols is 1. The van der Waals surface area contributed by atoms with Gasteiger partial charge < -0.3 is 15.8 Å². The molecule has 0 saturated carbocycles. The van der Waals surface area contributed by atoms with Gasteiger partial charge in [-0.15, -0.1) is 12.1 Å². The Hall–Kier alpha value is -2.32. The third kappa shape index (κ3) is 4.84. The van der Waals surface area contributed by atoms with Gasteiger partial charge in [0, 0.05) is 17.3 Å². The quantitative estimate of drug-likeness (QED) is 0.300. The Kier molecular flexibility index (Phi) is 6.99. The van der Waals surface area contributed by atoms with Crippen molar-refractivity contribution in [3.05, 3.63) is 66.3 Å². The number of rotatable bonds is 2. The zero-order valence-corrected chi connectivity index (χ0v) is 13.7. The van der Waals surface area contributed by atoms with Crippen LogP contribution in [0.4, 0.5) is 5.69 Å². The van der Waals surface area contributed by atoms with Crippen molar-refractivity contribution in [3.8, 4) is 5.75 Å². The molecular formula is C15H11CuN3O4S. The normalized spacial score (nSPS) is 10.2. The standard InChI is InChI=1S/C9H6N3O.C6H5O3S.Cu/c10-12-7-3-4-8(13)9-6(7)2-1-5-11-9;7-10(8,9)6-4-2-1-3-5-6;/h1-5,13H;2-5H,(H,7,8,9);/q2*-1;+2. The summed E-state index contributed by atoms with van der Waals surface area (Å²) in [5.74, 6) is 0.0861. The third-order valence-electron chi connectivity index (χ3n) is 2.82. The van der Waals surface area contributed by atoms with Crippen molar-refractivity contribution in [2.24, 2.45) is 5.11 Å². The fourth-order valence-electron chi connectivity index (χ4n) is 1.77. The number of aromatic hydroxyl groups is 1. The first-order valence-electron chi connectivity index (χ1n) is 6.29. The maximum absolute atomic E-state index is 10.4. The molecule has 127 valence electrons. The molecule has 3 aromatic rings. The molecule has 0 aliphatic heterocycles. The average molecular weight is 393 g/mol. The minimum atomic E-state index is -4.02. The fourth-order valence-corrected chi connectivity index (χ4v) is 2.25. The molecule has 0 spiro atoms. The van der Waals surface area contributed by atoms with Crippen LogP contribution in [0.3, 0.4) is 0 Å². The molecule has 2 N–H and O–H groups in total. The van der Waals surface area contributed by atoms with E-state index >= 15 is 0 Å². The van der Waals surface area contributed by atoms with Gasteiger partial charge in [0.1, 0.15) is 11.3 Å². The van der Waals surface area contributed by atoms with E-state index in [9.17, 15) is 13.5 Å². The summed E-state index contributed by atoms with van der Waals surface area (Å²) in [7, 11) is -4.02. The molecule has 24 heavy (non-hydrogen) atoms. The summed E-state index contributed by atoms with van der Waals surface area (Å²) in [6, 6.07) is 14.4. The molecule has 0 saturated heterocycles. The minimum absolute atomic E-state index is 0. The van der Waals surface area contributed by atoms with Gasteiger partial charge in [-0.25, -0.2) is 0 Å². The van der Waals surface area contributed by atoms with Crippen LogP contribution in [0.15, 0.2) is 64.7 Å². The SMILES string of the molecule is O=S(=O)(O)c1cc[c-]cc1.[Cu+2].[N-]=Nc1ccc(O)c2ncccc12. The topological polar surface area (TPSA) is 122 Å². The zero-order valence-electron chi connectivity index (χ0n) is 12.0. The summed E-state index contributed by atoms with van der Waals surface area (Å²) in [6.45, 7) is 0. The Bertz CT molecular complexity index is 934. The molecule has 0 atom stereocenters. The van der Waals surface area contributed by atoms with E-state index in [0.717, 1.165) is 0 Å². The number of pyridine rings is 1. The van der Waals surface area contributed by atoms with Gasteiger partial charge in [-0.05, 0) is 29.2 Å². The van der Waals surface area contributed by atoms with E-state index in [0.29, 0.717) is 16.6 Å². The van der Waals surface area contributed by atoms with Crippen molar-refractivity contribution < 1.29 is 35.1 Å². The van der Waals surface area contributed by atoms with Crippen molar-refractivity contribution in [1.82, 2.24) is 4.98 Å². The van der Waals surface area contributed by atoms with Crippen LogP contribution < -0.4 is 0 Å². The van der Waals surface area contributed by atoms with Gasteiger partial charge >= 0.3 is 17.1 Å². The molecule has 0 bridgehead atoms. The Labute approximate surface area is 149 Å². The van der Waals surface area contributed by atoms with E-state index in [-0.39, 0.29) is 27.7 Å². The molecule has 3 rings (SSSR count). The molecule has 0 aliphatic rings. The molecule has 0 amide bonds. The summed E-state index contributed by atoms with van der Waals surface area (Å²) in [6.07, 6.45) is 1.57. The summed E-state index contributed by atoms with van der Waals surface area (Å²) in [5, 5.41) is 13.1. The predicted octanol–water partition coefficient (Wildman–Crippen LogP) is 3.32. The molecule has 1 radical (unpaired) electrons. The number of hydrogen-bond acceptors (Lipinski definition) is 5. The summed E-state index contributed by atoms with van der Waals surface area (Å²) >= 11 is 0. The summed E-state index contributed by atoms with van der Waals surface area (Å²) < 4.78 is 29.2. The van der Waals surface area contributed by atoms with Crippen LogP contribution in [0.2, 0.25) is 0 Å². The third-order valence-corrected chi connectivity index (χ3v) is 3.69. The van der Waals surface area contributed by atoms with Crippen molar-refractivity contribution in [3.63, 3.8) is 0 Å². The van der Waals surface area contributed by atoms with Crippen molar-refractivity contribution in [2.75, 3.05) is 0 Å². The number of phenolic OH excluding ortho intramolecular Hbond substituents is 1. The van der Waals surface area contributed by atoms with Gasteiger partial charge in [0.05, 0.1) is 0 Å². The van der Waals surface area contributed by atoms with Crippen LogP contribution in [0.25, 0.3) is 16.4 Å². The molecule has 7 nitrogen and oxygen atoms in total. The van der Waals surface area contributed by atoms with Gasteiger partial charge in [0.25, 0.3) is 10.1 Å². The number of fused-ring (bicyclic) bond motifs is 1. The van der Waals surface area contributed by atoms with Crippen LogP contribution >= 0.6 is 0 Å². The maximum atomic E-state index is 10.4. The Morgan fingerprint density at radius 2 is 1.79 bits per heavy atom. The smallest absolute Gasteiger partial charge is 0.706 e. The van der Waals surface area contributed by atoms with E-state index in [1.54, 1.807) is 18.3 Å². The second-order valence-corrected chi connectivity index (χ2v) is 5.74. The van der Waals surface area contributed by atoms with Gasteiger partial charge in [-0.2, -0.15) is 26.6 Å². The maximum Gasteiger partial charge on any atom is 2.00 e. The Morgan fingerprint density at radius 3 is 2.33 bits per heavy atom. The van der Waals surface area contributed by atoms with Crippen LogP contribution in [0.1, 0.15) is 0 Å². The van der Waals surface area contributed by atoms with E-state index in [2.05, 4.69) is 16.2 Å². The number of benzene rings is 2.